The zero-order valence-electron chi connectivity index (χ0n) is 10.5. The van der Waals surface area contributed by atoms with Crippen molar-refractivity contribution in [2.45, 2.75) is 39.0 Å². The van der Waals surface area contributed by atoms with Gasteiger partial charge in [0.15, 0.2) is 0 Å². The van der Waals surface area contributed by atoms with Gasteiger partial charge in [0.25, 0.3) is 0 Å². The van der Waals surface area contributed by atoms with E-state index in [4.69, 9.17) is 4.42 Å². The Morgan fingerprint density at radius 3 is 2.69 bits per heavy atom. The minimum absolute atomic E-state index is 0.264. The maximum absolute atomic E-state index is 11.1. The summed E-state index contributed by atoms with van der Waals surface area (Å²) >= 11 is 0. The van der Waals surface area contributed by atoms with Gasteiger partial charge in [-0.25, -0.2) is 0 Å². The van der Waals surface area contributed by atoms with E-state index in [2.05, 4.69) is 11.4 Å². The summed E-state index contributed by atoms with van der Waals surface area (Å²) in [6.45, 7) is 7.67. The Labute approximate surface area is 100 Å². The summed E-state index contributed by atoms with van der Waals surface area (Å²) in [5.74, 6) is 1.94. The molecule has 0 aromatic carbocycles. The highest BCUT2D eigenvalue weighted by molar-refractivity contribution is 7.84. The highest BCUT2D eigenvalue weighted by Crippen LogP contribution is 2.13. The Kier molecular flexibility index (Phi) is 5.22. The molecule has 0 fully saturated rings. The van der Waals surface area contributed by atoms with Gasteiger partial charge in [0.2, 0.25) is 0 Å². The lowest BCUT2D eigenvalue weighted by molar-refractivity contribution is 0.498. The number of rotatable bonds is 6. The van der Waals surface area contributed by atoms with Gasteiger partial charge in [-0.15, -0.1) is 0 Å². The van der Waals surface area contributed by atoms with Crippen LogP contribution in [0.3, 0.4) is 0 Å². The Bertz CT molecular complexity index is 360. The van der Waals surface area contributed by atoms with Gasteiger partial charge in [-0.05, 0) is 32.9 Å². The van der Waals surface area contributed by atoms with Gasteiger partial charge in [0, 0.05) is 34.4 Å². The normalized spacial score (nSPS) is 15.0. The standard InChI is InChI=1S/C12H21NO2S/c1-9-7-12(11(3)15-9)8-13-6-5-10(2)16(4)14/h7,10,13H,5-6,8H2,1-4H3. The van der Waals surface area contributed by atoms with E-state index in [0.29, 0.717) is 0 Å². The van der Waals surface area contributed by atoms with Crippen molar-refractivity contribution in [3.05, 3.63) is 23.2 Å². The monoisotopic (exact) mass is 243 g/mol. The zero-order valence-corrected chi connectivity index (χ0v) is 11.3. The summed E-state index contributed by atoms with van der Waals surface area (Å²) in [6.07, 6.45) is 2.70. The Morgan fingerprint density at radius 1 is 1.50 bits per heavy atom. The first-order valence-corrected chi connectivity index (χ1v) is 7.21. The van der Waals surface area contributed by atoms with E-state index in [0.717, 1.165) is 31.0 Å². The molecule has 0 aliphatic carbocycles. The smallest absolute Gasteiger partial charge is 0.105 e. The molecular formula is C12H21NO2S. The van der Waals surface area contributed by atoms with Crippen molar-refractivity contribution >= 4 is 10.8 Å². The predicted octanol–water partition coefficient (Wildman–Crippen LogP) is 2.14. The van der Waals surface area contributed by atoms with Crippen LogP contribution < -0.4 is 5.32 Å². The van der Waals surface area contributed by atoms with Crippen LogP contribution in [-0.4, -0.2) is 22.3 Å². The lowest BCUT2D eigenvalue weighted by Gasteiger charge is -2.08. The average Bonchev–Trinajstić information content (AvgIpc) is 2.51. The molecule has 1 N–H and O–H groups in total. The Balaban J connectivity index is 2.26. The third-order valence-electron chi connectivity index (χ3n) is 2.75. The maximum Gasteiger partial charge on any atom is 0.105 e. The molecule has 4 heteroatoms. The van der Waals surface area contributed by atoms with Crippen molar-refractivity contribution < 1.29 is 8.63 Å². The number of hydrogen-bond donors (Lipinski definition) is 1. The molecule has 0 amide bonds. The van der Waals surface area contributed by atoms with Gasteiger partial charge in [-0.1, -0.05) is 6.92 Å². The van der Waals surface area contributed by atoms with Crippen molar-refractivity contribution in [3.8, 4) is 0 Å². The molecule has 0 spiro atoms. The highest BCUT2D eigenvalue weighted by atomic mass is 32.2. The number of nitrogens with one attached hydrogen (secondary N) is 1. The second kappa shape index (κ2) is 6.21. The minimum atomic E-state index is -0.717. The van der Waals surface area contributed by atoms with Gasteiger partial charge in [-0.3, -0.25) is 4.21 Å². The van der Waals surface area contributed by atoms with E-state index in [-0.39, 0.29) is 5.25 Å². The van der Waals surface area contributed by atoms with E-state index >= 15 is 0 Å². The summed E-state index contributed by atoms with van der Waals surface area (Å²) in [6, 6.07) is 2.06. The molecule has 92 valence electrons. The Hall–Kier alpha value is -0.610. The van der Waals surface area contributed by atoms with Crippen LogP contribution in [0.15, 0.2) is 10.5 Å². The summed E-state index contributed by atoms with van der Waals surface area (Å²) in [4.78, 5) is 0. The highest BCUT2D eigenvalue weighted by Gasteiger charge is 2.06. The van der Waals surface area contributed by atoms with Crippen LogP contribution in [-0.2, 0) is 17.3 Å². The third kappa shape index (κ3) is 4.10. The average molecular weight is 243 g/mol. The molecule has 0 saturated heterocycles. The quantitative estimate of drug-likeness (QED) is 0.778. The topological polar surface area (TPSA) is 42.2 Å². The lowest BCUT2D eigenvalue weighted by atomic mass is 10.2. The van der Waals surface area contributed by atoms with Crippen molar-refractivity contribution in [1.29, 1.82) is 0 Å². The first-order valence-electron chi connectivity index (χ1n) is 5.59. The molecule has 1 heterocycles. The van der Waals surface area contributed by atoms with Crippen molar-refractivity contribution in [2.75, 3.05) is 12.8 Å². The molecule has 0 saturated carbocycles. The first-order chi connectivity index (χ1) is 7.50. The van der Waals surface area contributed by atoms with Crippen molar-refractivity contribution in [3.63, 3.8) is 0 Å². The minimum Gasteiger partial charge on any atom is -0.466 e. The molecule has 1 rings (SSSR count). The first kappa shape index (κ1) is 13.5. The largest absolute Gasteiger partial charge is 0.466 e. The van der Waals surface area contributed by atoms with Crippen molar-refractivity contribution in [1.82, 2.24) is 5.32 Å². The number of hydrogen-bond acceptors (Lipinski definition) is 3. The summed E-state index contributed by atoms with van der Waals surface area (Å²) in [7, 11) is -0.717. The molecule has 1 aromatic rings. The maximum atomic E-state index is 11.1. The fourth-order valence-corrected chi connectivity index (χ4v) is 2.00. The summed E-state index contributed by atoms with van der Waals surface area (Å²) in [5, 5.41) is 3.61. The Morgan fingerprint density at radius 2 is 2.19 bits per heavy atom. The van der Waals surface area contributed by atoms with E-state index in [1.165, 1.54) is 5.56 Å². The molecule has 0 bridgehead atoms. The van der Waals surface area contributed by atoms with E-state index in [9.17, 15) is 4.21 Å². The molecule has 0 aliphatic heterocycles. The van der Waals surface area contributed by atoms with Gasteiger partial charge in [0.05, 0.1) is 0 Å². The molecule has 0 radical (unpaired) electrons. The predicted molar refractivity (Wildman–Crippen MR) is 68.0 cm³/mol. The summed E-state index contributed by atoms with van der Waals surface area (Å²) in [5.41, 5.74) is 1.21. The number of furan rings is 1. The molecule has 1 aromatic heterocycles. The molecule has 3 nitrogen and oxygen atoms in total. The second-order valence-corrected chi connectivity index (χ2v) is 6.02. The second-order valence-electron chi connectivity index (χ2n) is 4.21. The molecule has 0 aliphatic rings. The van der Waals surface area contributed by atoms with E-state index < -0.39 is 10.8 Å². The van der Waals surface area contributed by atoms with Crippen LogP contribution >= 0.6 is 0 Å². The van der Waals surface area contributed by atoms with Crippen molar-refractivity contribution in [2.24, 2.45) is 0 Å². The van der Waals surface area contributed by atoms with Gasteiger partial charge < -0.3 is 9.73 Å². The van der Waals surface area contributed by atoms with E-state index in [1.54, 1.807) is 6.26 Å². The zero-order chi connectivity index (χ0) is 12.1. The van der Waals surface area contributed by atoms with Crippen LogP contribution in [0.5, 0.6) is 0 Å². The SMILES string of the molecule is Cc1cc(CNCCC(C)S(C)=O)c(C)o1. The molecule has 16 heavy (non-hydrogen) atoms. The summed E-state index contributed by atoms with van der Waals surface area (Å²) < 4.78 is 16.6. The van der Waals surface area contributed by atoms with Crippen LogP contribution in [0.25, 0.3) is 0 Å². The number of aryl methyl sites for hydroxylation is 2. The third-order valence-corrected chi connectivity index (χ3v) is 4.12. The van der Waals surface area contributed by atoms with Crippen LogP contribution in [0.2, 0.25) is 0 Å². The van der Waals surface area contributed by atoms with Crippen LogP contribution in [0, 0.1) is 13.8 Å². The fourth-order valence-electron chi connectivity index (χ4n) is 1.55. The molecule has 2 unspecified atom stereocenters. The fraction of sp³-hybridized carbons (Fsp3) is 0.667. The molecule has 2 atom stereocenters. The van der Waals surface area contributed by atoms with Crippen LogP contribution in [0.4, 0.5) is 0 Å². The van der Waals surface area contributed by atoms with Gasteiger partial charge in [-0.2, -0.15) is 0 Å². The van der Waals surface area contributed by atoms with E-state index in [1.807, 2.05) is 20.8 Å². The molecular weight excluding hydrogens is 222 g/mol. The van der Waals surface area contributed by atoms with Gasteiger partial charge >= 0.3 is 0 Å². The van der Waals surface area contributed by atoms with Gasteiger partial charge in [0.1, 0.15) is 11.5 Å². The van der Waals surface area contributed by atoms with Crippen LogP contribution in [0.1, 0.15) is 30.4 Å². The lowest BCUT2D eigenvalue weighted by Crippen LogP contribution is -2.21.